The first kappa shape index (κ1) is 16.9. The third kappa shape index (κ3) is 6.36. The van der Waals surface area contributed by atoms with E-state index in [0.29, 0.717) is 19.1 Å². The molecule has 0 spiro atoms. The zero-order valence-electron chi connectivity index (χ0n) is 12.3. The number of sulfonamides is 1. The van der Waals surface area contributed by atoms with Crippen molar-refractivity contribution in [1.82, 2.24) is 0 Å². The average Bonchev–Trinajstić information content (AvgIpc) is 2.32. The van der Waals surface area contributed by atoms with E-state index in [1.165, 1.54) is 0 Å². The number of ether oxygens (including phenoxy) is 2. The fraction of sp³-hybridized carbons (Fsp3) is 0.571. The highest BCUT2D eigenvalue weighted by atomic mass is 32.2. The summed E-state index contributed by atoms with van der Waals surface area (Å²) in [6.45, 7) is 7.04. The smallest absolute Gasteiger partial charge is 0.211 e. The average molecular weight is 301 g/mol. The van der Waals surface area contributed by atoms with Crippen molar-refractivity contribution < 1.29 is 17.9 Å². The number of hydrogen-bond donors (Lipinski definition) is 1. The Bertz CT molecular complexity index is 526. The largest absolute Gasteiger partial charge is 0.491 e. The van der Waals surface area contributed by atoms with E-state index in [1.807, 2.05) is 13.0 Å². The van der Waals surface area contributed by atoms with Gasteiger partial charge in [-0.3, -0.25) is 0 Å². The van der Waals surface area contributed by atoms with Crippen molar-refractivity contribution in [2.45, 2.75) is 26.7 Å². The highest BCUT2D eigenvalue weighted by Crippen LogP contribution is 2.27. The van der Waals surface area contributed by atoms with E-state index < -0.39 is 10.0 Å². The first-order chi connectivity index (χ1) is 9.29. The Morgan fingerprint density at radius 2 is 1.90 bits per heavy atom. The molecule has 20 heavy (non-hydrogen) atoms. The second-order valence-corrected chi connectivity index (χ2v) is 6.76. The molecule has 0 fully saturated rings. The lowest BCUT2D eigenvalue weighted by Crippen LogP contribution is -2.21. The van der Waals surface area contributed by atoms with Gasteiger partial charge in [-0.15, -0.1) is 0 Å². The molecule has 0 aromatic heterocycles. The number of nitrogens with two attached hydrogens (primary N) is 1. The van der Waals surface area contributed by atoms with Crippen LogP contribution in [0.3, 0.4) is 0 Å². The predicted molar refractivity (Wildman–Crippen MR) is 79.6 cm³/mol. The molecule has 1 rings (SSSR count). The number of rotatable bonds is 8. The van der Waals surface area contributed by atoms with Crippen LogP contribution in [0.25, 0.3) is 0 Å². The molecule has 0 unspecified atom stereocenters. The molecular weight excluding hydrogens is 278 g/mol. The molecule has 2 N–H and O–H groups in total. The topological polar surface area (TPSA) is 78.6 Å². The van der Waals surface area contributed by atoms with Crippen molar-refractivity contribution in [2.75, 3.05) is 25.6 Å². The van der Waals surface area contributed by atoms with E-state index in [2.05, 4.69) is 26.0 Å². The summed E-state index contributed by atoms with van der Waals surface area (Å²) in [5.41, 5.74) is 2.29. The summed E-state index contributed by atoms with van der Waals surface area (Å²) in [6, 6.07) is 6.13. The van der Waals surface area contributed by atoms with Crippen molar-refractivity contribution in [2.24, 2.45) is 5.14 Å². The molecule has 1 aromatic carbocycles. The predicted octanol–water partition coefficient (Wildman–Crippen LogP) is 1.80. The van der Waals surface area contributed by atoms with Crippen LogP contribution in [-0.4, -0.2) is 34.0 Å². The van der Waals surface area contributed by atoms with Crippen LogP contribution in [0, 0.1) is 6.92 Å². The van der Waals surface area contributed by atoms with Gasteiger partial charge in [-0.05, 0) is 30.0 Å². The van der Waals surface area contributed by atoms with Crippen molar-refractivity contribution >= 4 is 10.0 Å². The van der Waals surface area contributed by atoms with Crippen molar-refractivity contribution in [3.05, 3.63) is 29.3 Å². The van der Waals surface area contributed by atoms with Crippen LogP contribution >= 0.6 is 0 Å². The molecule has 0 heterocycles. The van der Waals surface area contributed by atoms with E-state index in [-0.39, 0.29) is 12.4 Å². The molecule has 0 radical (unpaired) electrons. The summed E-state index contributed by atoms with van der Waals surface area (Å²) in [5, 5.41) is 4.87. The van der Waals surface area contributed by atoms with Gasteiger partial charge in [-0.2, -0.15) is 0 Å². The van der Waals surface area contributed by atoms with Crippen LogP contribution in [-0.2, 0) is 14.8 Å². The lowest BCUT2D eigenvalue weighted by Gasteiger charge is -2.15. The Morgan fingerprint density at radius 3 is 2.50 bits per heavy atom. The Balaban J connectivity index is 2.40. The van der Waals surface area contributed by atoms with Gasteiger partial charge in [0.2, 0.25) is 10.0 Å². The third-order valence-corrected chi connectivity index (χ3v) is 3.52. The molecule has 6 heteroatoms. The maximum atomic E-state index is 10.7. The van der Waals surface area contributed by atoms with Gasteiger partial charge in [-0.1, -0.05) is 26.0 Å². The van der Waals surface area contributed by atoms with Gasteiger partial charge in [0.1, 0.15) is 12.4 Å². The summed E-state index contributed by atoms with van der Waals surface area (Å²) in [6.07, 6.45) is 0. The summed E-state index contributed by atoms with van der Waals surface area (Å²) in [7, 11) is -3.45. The van der Waals surface area contributed by atoms with Crippen LogP contribution < -0.4 is 9.88 Å². The molecule has 0 aliphatic rings. The van der Waals surface area contributed by atoms with E-state index in [0.717, 1.165) is 16.9 Å². The van der Waals surface area contributed by atoms with E-state index in [9.17, 15) is 8.42 Å². The van der Waals surface area contributed by atoms with E-state index in [1.54, 1.807) is 0 Å². The van der Waals surface area contributed by atoms with Gasteiger partial charge in [0, 0.05) is 0 Å². The Hall–Kier alpha value is -1.11. The van der Waals surface area contributed by atoms with E-state index >= 15 is 0 Å². The highest BCUT2D eigenvalue weighted by Gasteiger charge is 2.08. The van der Waals surface area contributed by atoms with Gasteiger partial charge < -0.3 is 9.47 Å². The standard InChI is InChI=1S/C14H23NO4S/c1-11(2)13-5-4-12(3)10-14(13)19-7-6-18-8-9-20(15,16)17/h4-5,10-11H,6-9H2,1-3H3,(H2,15,16,17). The van der Waals surface area contributed by atoms with Gasteiger partial charge in [0.15, 0.2) is 0 Å². The zero-order valence-corrected chi connectivity index (χ0v) is 13.1. The first-order valence-electron chi connectivity index (χ1n) is 6.61. The normalized spacial score (nSPS) is 11.8. The summed E-state index contributed by atoms with van der Waals surface area (Å²) >= 11 is 0. The molecule has 1 aromatic rings. The minimum absolute atomic E-state index is 0.0903. The van der Waals surface area contributed by atoms with Crippen LogP contribution in [0.1, 0.15) is 30.9 Å². The quantitative estimate of drug-likeness (QED) is 0.743. The Kier molecular flexibility index (Phi) is 6.45. The summed E-state index contributed by atoms with van der Waals surface area (Å²) < 4.78 is 32.3. The van der Waals surface area contributed by atoms with Gasteiger partial charge in [0.05, 0.1) is 19.0 Å². The maximum Gasteiger partial charge on any atom is 0.211 e. The van der Waals surface area contributed by atoms with Crippen LogP contribution in [0.15, 0.2) is 18.2 Å². The molecule has 0 aliphatic heterocycles. The number of benzene rings is 1. The number of aryl methyl sites for hydroxylation is 1. The van der Waals surface area contributed by atoms with Crippen LogP contribution in [0.2, 0.25) is 0 Å². The molecule has 0 saturated heterocycles. The molecule has 0 saturated carbocycles. The number of primary sulfonamides is 1. The van der Waals surface area contributed by atoms with Crippen LogP contribution in [0.5, 0.6) is 5.75 Å². The van der Waals surface area contributed by atoms with Crippen molar-refractivity contribution in [1.29, 1.82) is 0 Å². The molecular formula is C14H23NO4S. The van der Waals surface area contributed by atoms with Gasteiger partial charge in [0.25, 0.3) is 0 Å². The SMILES string of the molecule is Cc1ccc(C(C)C)c(OCCOCCS(N)(=O)=O)c1. The maximum absolute atomic E-state index is 10.7. The zero-order chi connectivity index (χ0) is 15.2. The fourth-order valence-corrected chi connectivity index (χ4v) is 2.08. The van der Waals surface area contributed by atoms with Gasteiger partial charge in [-0.25, -0.2) is 13.6 Å². The molecule has 0 bridgehead atoms. The monoisotopic (exact) mass is 301 g/mol. The fourth-order valence-electron chi connectivity index (χ4n) is 1.73. The second kappa shape index (κ2) is 7.61. The molecule has 0 aliphatic carbocycles. The minimum atomic E-state index is -3.45. The highest BCUT2D eigenvalue weighted by molar-refractivity contribution is 7.89. The summed E-state index contributed by atoms with van der Waals surface area (Å²) in [4.78, 5) is 0. The summed E-state index contributed by atoms with van der Waals surface area (Å²) in [5.74, 6) is 1.07. The number of hydrogen-bond acceptors (Lipinski definition) is 4. The lowest BCUT2D eigenvalue weighted by atomic mass is 10.0. The van der Waals surface area contributed by atoms with Crippen molar-refractivity contribution in [3.63, 3.8) is 0 Å². The van der Waals surface area contributed by atoms with Gasteiger partial charge >= 0.3 is 0 Å². The Morgan fingerprint density at radius 1 is 1.20 bits per heavy atom. The molecule has 5 nitrogen and oxygen atoms in total. The Labute approximate surface area is 121 Å². The molecule has 0 atom stereocenters. The van der Waals surface area contributed by atoms with Crippen LogP contribution in [0.4, 0.5) is 0 Å². The first-order valence-corrected chi connectivity index (χ1v) is 8.32. The third-order valence-electron chi connectivity index (χ3n) is 2.79. The second-order valence-electron chi connectivity index (χ2n) is 5.02. The van der Waals surface area contributed by atoms with Crippen molar-refractivity contribution in [3.8, 4) is 5.75 Å². The lowest BCUT2D eigenvalue weighted by molar-refractivity contribution is 0.111. The minimum Gasteiger partial charge on any atom is -0.491 e. The molecule has 0 amide bonds. The molecule has 114 valence electrons. The van der Waals surface area contributed by atoms with E-state index in [4.69, 9.17) is 14.6 Å².